The van der Waals surface area contributed by atoms with Crippen molar-refractivity contribution >= 4 is 5.97 Å². The summed E-state index contributed by atoms with van der Waals surface area (Å²) in [7, 11) is 0. The van der Waals surface area contributed by atoms with Crippen molar-refractivity contribution in [3.63, 3.8) is 0 Å². The second-order valence-electron chi connectivity index (χ2n) is 5.66. The lowest BCUT2D eigenvalue weighted by molar-refractivity contribution is -0.141. The Morgan fingerprint density at radius 2 is 2.05 bits per heavy atom. The summed E-state index contributed by atoms with van der Waals surface area (Å²) >= 11 is 0. The van der Waals surface area contributed by atoms with Crippen LogP contribution in [0.5, 0.6) is 0 Å². The first-order chi connectivity index (χ1) is 9.22. The molecule has 4 nitrogen and oxygen atoms in total. The summed E-state index contributed by atoms with van der Waals surface area (Å²) in [5, 5.41) is 12.3. The van der Waals surface area contributed by atoms with E-state index < -0.39 is 5.97 Å². The summed E-state index contributed by atoms with van der Waals surface area (Å²) in [6, 6.07) is 8.79. The zero-order chi connectivity index (χ0) is 13.2. The van der Waals surface area contributed by atoms with Gasteiger partial charge >= 0.3 is 5.97 Å². The third-order valence-electron chi connectivity index (χ3n) is 4.26. The number of carboxylic acids is 1. The van der Waals surface area contributed by atoms with Crippen molar-refractivity contribution in [1.82, 2.24) is 10.2 Å². The van der Waals surface area contributed by atoms with Crippen molar-refractivity contribution < 1.29 is 9.90 Å². The lowest BCUT2D eigenvalue weighted by Crippen LogP contribution is -2.39. The highest BCUT2D eigenvalue weighted by Crippen LogP contribution is 2.22. The molecule has 0 aromatic heterocycles. The highest BCUT2D eigenvalue weighted by atomic mass is 16.4. The minimum absolute atomic E-state index is 0.180. The number of carboxylic acid groups (broad SMARTS) is 1. The van der Waals surface area contributed by atoms with Crippen LogP contribution in [0.2, 0.25) is 0 Å². The minimum atomic E-state index is -0.657. The van der Waals surface area contributed by atoms with Gasteiger partial charge in [0.2, 0.25) is 0 Å². The highest BCUT2D eigenvalue weighted by molar-refractivity contribution is 5.70. The van der Waals surface area contributed by atoms with Crippen molar-refractivity contribution in [3.8, 4) is 0 Å². The predicted octanol–water partition coefficient (Wildman–Crippen LogP) is 1.28. The third-order valence-corrected chi connectivity index (χ3v) is 4.26. The van der Waals surface area contributed by atoms with Crippen LogP contribution < -0.4 is 5.32 Å². The number of hydrogen-bond acceptors (Lipinski definition) is 3. The number of likely N-dealkylation sites (tertiary alicyclic amines) is 1. The van der Waals surface area contributed by atoms with Crippen LogP contribution in [0.15, 0.2) is 24.3 Å². The minimum Gasteiger partial charge on any atom is -0.481 e. The molecule has 0 radical (unpaired) electrons. The predicted molar refractivity (Wildman–Crippen MR) is 73.1 cm³/mol. The van der Waals surface area contributed by atoms with Crippen LogP contribution in [0.4, 0.5) is 0 Å². The molecule has 0 unspecified atom stereocenters. The maximum atomic E-state index is 10.9. The molecule has 2 aliphatic heterocycles. The number of nitrogens with zero attached hydrogens (tertiary/aromatic N) is 1. The molecule has 0 amide bonds. The molecule has 0 bridgehead atoms. The lowest BCUT2D eigenvalue weighted by Gasteiger charge is -2.27. The molecule has 3 rings (SSSR count). The second-order valence-corrected chi connectivity index (χ2v) is 5.66. The highest BCUT2D eigenvalue weighted by Gasteiger charge is 2.27. The monoisotopic (exact) mass is 260 g/mol. The van der Waals surface area contributed by atoms with Crippen molar-refractivity contribution in [3.05, 3.63) is 35.4 Å². The Kier molecular flexibility index (Phi) is 3.53. The van der Waals surface area contributed by atoms with Gasteiger partial charge in [-0.15, -0.1) is 0 Å². The molecule has 102 valence electrons. The quantitative estimate of drug-likeness (QED) is 0.856. The van der Waals surface area contributed by atoms with Gasteiger partial charge in [0.25, 0.3) is 0 Å². The summed E-state index contributed by atoms with van der Waals surface area (Å²) in [4.78, 5) is 13.2. The fourth-order valence-corrected chi connectivity index (χ4v) is 2.86. The van der Waals surface area contributed by atoms with Crippen LogP contribution in [0.3, 0.4) is 0 Å². The molecule has 0 spiro atoms. The van der Waals surface area contributed by atoms with Gasteiger partial charge in [0.1, 0.15) is 0 Å². The molecule has 1 aromatic carbocycles. The molecule has 1 aromatic rings. The normalized spacial score (nSPS) is 24.3. The van der Waals surface area contributed by atoms with E-state index in [-0.39, 0.29) is 5.92 Å². The Morgan fingerprint density at radius 1 is 1.32 bits per heavy atom. The van der Waals surface area contributed by atoms with Crippen LogP contribution in [0, 0.1) is 5.92 Å². The Hall–Kier alpha value is -1.39. The maximum absolute atomic E-state index is 10.9. The topological polar surface area (TPSA) is 52.6 Å². The summed E-state index contributed by atoms with van der Waals surface area (Å²) in [5.41, 5.74) is 2.69. The van der Waals surface area contributed by atoms with Gasteiger partial charge in [-0.05, 0) is 24.1 Å². The molecule has 2 aliphatic rings. The van der Waals surface area contributed by atoms with E-state index in [9.17, 15) is 4.79 Å². The first-order valence-electron chi connectivity index (χ1n) is 6.97. The van der Waals surface area contributed by atoms with E-state index in [0.29, 0.717) is 12.5 Å². The number of hydrogen-bond donors (Lipinski definition) is 2. The fourth-order valence-electron chi connectivity index (χ4n) is 2.86. The van der Waals surface area contributed by atoms with E-state index in [1.54, 1.807) is 0 Å². The van der Waals surface area contributed by atoms with Crippen molar-refractivity contribution in [2.75, 3.05) is 26.2 Å². The number of aliphatic carboxylic acids is 1. The molecule has 2 heterocycles. The molecule has 0 aliphatic carbocycles. The third kappa shape index (κ3) is 2.80. The van der Waals surface area contributed by atoms with E-state index in [1.165, 1.54) is 11.1 Å². The molecular formula is C15H20N2O2. The first-order valence-corrected chi connectivity index (χ1v) is 6.97. The standard InChI is InChI=1S/C15H20N2O2/c18-15(19)13-5-6-17(10-13)9-11-1-3-12(4-2-11)14-7-16-8-14/h1-4,13-14,16H,5-10H2,(H,18,19)/t13-/m0/s1. The number of benzene rings is 1. The van der Waals surface area contributed by atoms with Gasteiger partial charge < -0.3 is 10.4 Å². The SMILES string of the molecule is O=C(O)[C@H]1CCN(Cc2ccc(C3CNC3)cc2)C1. The Morgan fingerprint density at radius 3 is 2.58 bits per heavy atom. The van der Waals surface area contributed by atoms with Crippen molar-refractivity contribution in [2.45, 2.75) is 18.9 Å². The number of carbonyl (C=O) groups is 1. The summed E-state index contributed by atoms with van der Waals surface area (Å²) in [6.07, 6.45) is 0.779. The number of nitrogens with one attached hydrogen (secondary N) is 1. The second kappa shape index (κ2) is 5.31. The molecule has 2 saturated heterocycles. The largest absolute Gasteiger partial charge is 0.481 e. The number of rotatable bonds is 4. The van der Waals surface area contributed by atoms with Gasteiger partial charge in [-0.1, -0.05) is 24.3 Å². The van der Waals surface area contributed by atoms with E-state index in [2.05, 4.69) is 34.5 Å². The Bertz CT molecular complexity index is 454. The van der Waals surface area contributed by atoms with E-state index in [4.69, 9.17) is 5.11 Å². The van der Waals surface area contributed by atoms with Crippen LogP contribution >= 0.6 is 0 Å². The average Bonchev–Trinajstić information content (AvgIpc) is 2.78. The molecule has 2 fully saturated rings. The van der Waals surface area contributed by atoms with Crippen molar-refractivity contribution in [2.24, 2.45) is 5.92 Å². The first kappa shape index (κ1) is 12.6. The van der Waals surface area contributed by atoms with Gasteiger partial charge in [-0.2, -0.15) is 0 Å². The summed E-state index contributed by atoms with van der Waals surface area (Å²) in [5.74, 6) is -0.159. The molecular weight excluding hydrogens is 240 g/mol. The molecule has 19 heavy (non-hydrogen) atoms. The maximum Gasteiger partial charge on any atom is 0.307 e. The smallest absolute Gasteiger partial charge is 0.307 e. The van der Waals surface area contributed by atoms with Crippen LogP contribution in [0.25, 0.3) is 0 Å². The Labute approximate surface area is 113 Å². The van der Waals surface area contributed by atoms with Gasteiger partial charge in [0.15, 0.2) is 0 Å². The van der Waals surface area contributed by atoms with Gasteiger partial charge in [-0.25, -0.2) is 0 Å². The van der Waals surface area contributed by atoms with Gasteiger partial charge in [0.05, 0.1) is 5.92 Å². The van der Waals surface area contributed by atoms with E-state index >= 15 is 0 Å². The van der Waals surface area contributed by atoms with E-state index in [0.717, 1.165) is 32.6 Å². The van der Waals surface area contributed by atoms with Crippen LogP contribution in [-0.4, -0.2) is 42.2 Å². The van der Waals surface area contributed by atoms with Gasteiger partial charge in [0, 0.05) is 32.1 Å². The lowest BCUT2D eigenvalue weighted by atomic mass is 9.93. The fraction of sp³-hybridized carbons (Fsp3) is 0.533. The summed E-state index contributed by atoms with van der Waals surface area (Å²) < 4.78 is 0. The molecule has 1 atom stereocenters. The van der Waals surface area contributed by atoms with Crippen LogP contribution in [0.1, 0.15) is 23.5 Å². The van der Waals surface area contributed by atoms with Crippen molar-refractivity contribution in [1.29, 1.82) is 0 Å². The van der Waals surface area contributed by atoms with Gasteiger partial charge in [-0.3, -0.25) is 9.69 Å². The molecule has 2 N–H and O–H groups in total. The molecule has 4 heteroatoms. The van der Waals surface area contributed by atoms with E-state index in [1.807, 2.05) is 0 Å². The Balaban J connectivity index is 1.56. The average molecular weight is 260 g/mol. The van der Waals surface area contributed by atoms with Crippen LogP contribution in [-0.2, 0) is 11.3 Å². The molecule has 0 saturated carbocycles. The zero-order valence-corrected chi connectivity index (χ0v) is 11.0. The zero-order valence-electron chi connectivity index (χ0n) is 11.0. The summed E-state index contributed by atoms with van der Waals surface area (Å²) in [6.45, 7) is 4.62.